The molecule has 9 atom stereocenters. The van der Waals surface area contributed by atoms with Gasteiger partial charge >= 0.3 is 35.9 Å². The van der Waals surface area contributed by atoms with Crippen molar-refractivity contribution in [3.63, 3.8) is 0 Å². The highest BCUT2D eigenvalue weighted by Crippen LogP contribution is 2.49. The second kappa shape index (κ2) is 60.3. The number of hydrogen-bond acceptors (Lipinski definition) is 25. The summed E-state index contributed by atoms with van der Waals surface area (Å²) in [6.45, 7) is 24.6. The fraction of sp³-hybridized carbons (Fsp3) is 0.575. The van der Waals surface area contributed by atoms with Gasteiger partial charge in [0.05, 0.1) is 53.3 Å². The summed E-state index contributed by atoms with van der Waals surface area (Å²) in [6, 6.07) is 10.2. The van der Waals surface area contributed by atoms with Gasteiger partial charge in [0.15, 0.2) is 28.8 Å². The molecule has 1 fully saturated rings. The van der Waals surface area contributed by atoms with Crippen LogP contribution in [0.25, 0.3) is 0 Å². The number of unbranched alkanes of at least 4 members (excludes halogenated alkanes) is 2. The fourth-order valence-electron chi connectivity index (χ4n) is 18.2. The lowest BCUT2D eigenvalue weighted by molar-refractivity contribution is -0.433. The molecule has 7 amide bonds. The molecule has 1 saturated heterocycles. The van der Waals surface area contributed by atoms with E-state index in [-0.39, 0.29) is 131 Å². The number of anilines is 1. The summed E-state index contributed by atoms with van der Waals surface area (Å²) in [4.78, 5) is 238. The monoisotopic (exact) mass is 2060 g/mol. The molecule has 0 unspecified atom stereocenters. The van der Waals surface area contributed by atoms with E-state index in [1.165, 1.54) is 41.0 Å². The Morgan fingerprint density at radius 1 is 0.562 bits per heavy atom. The summed E-state index contributed by atoms with van der Waals surface area (Å²) in [5.41, 5.74) is 7.20. The minimum atomic E-state index is -4.60. The Hall–Kier alpha value is -12.8. The number of benzene rings is 3. The van der Waals surface area contributed by atoms with E-state index in [1.54, 1.807) is 37.3 Å². The molecule has 0 spiro atoms. The van der Waals surface area contributed by atoms with Crippen LogP contribution in [0, 0.1) is 36.5 Å². The highest BCUT2D eigenvalue weighted by Gasteiger charge is 2.46. The first-order valence-corrected chi connectivity index (χ1v) is 51.5. The van der Waals surface area contributed by atoms with Crippen molar-refractivity contribution in [3.05, 3.63) is 137 Å². The Morgan fingerprint density at radius 2 is 1.12 bits per heavy atom. The van der Waals surface area contributed by atoms with Crippen LogP contribution in [0.3, 0.4) is 0 Å². The number of ketones is 5. The Balaban J connectivity index is 1.16. The summed E-state index contributed by atoms with van der Waals surface area (Å²) in [7, 11) is -3.15. The van der Waals surface area contributed by atoms with E-state index in [9.17, 15) is 120 Å². The Kier molecular flexibility index (Phi) is 50.4. The fourth-order valence-corrected chi connectivity index (χ4v) is 18.7. The van der Waals surface area contributed by atoms with Crippen LogP contribution in [0.15, 0.2) is 119 Å². The number of methoxy groups -OCH3 is 1. The normalized spacial score (nSPS) is 16.3. The van der Waals surface area contributed by atoms with E-state index in [0.29, 0.717) is 59.8 Å². The zero-order chi connectivity index (χ0) is 108. The quantitative estimate of drug-likeness (QED) is 0.00623. The molecule has 3 aliphatic heterocycles. The van der Waals surface area contributed by atoms with Crippen molar-refractivity contribution < 1.29 is 144 Å². The summed E-state index contributed by atoms with van der Waals surface area (Å²) in [6.07, 6.45) is 5.49. The molecule has 0 bridgehead atoms. The van der Waals surface area contributed by atoms with Crippen molar-refractivity contribution in [2.24, 2.45) is 34.7 Å². The lowest BCUT2D eigenvalue weighted by atomic mass is 9.81. The molecule has 3 aromatic rings. The van der Waals surface area contributed by atoms with Crippen molar-refractivity contribution in [1.82, 2.24) is 36.8 Å². The first kappa shape index (κ1) is 122. The van der Waals surface area contributed by atoms with Gasteiger partial charge in [0.25, 0.3) is 10.1 Å². The first-order valence-electron chi connectivity index (χ1n) is 50.1. The van der Waals surface area contributed by atoms with Crippen LogP contribution in [0.2, 0.25) is 0 Å². The summed E-state index contributed by atoms with van der Waals surface area (Å²) in [5, 5.41) is 69.5. The van der Waals surface area contributed by atoms with Crippen LogP contribution in [0.4, 0.5) is 16.2 Å². The van der Waals surface area contributed by atoms with Crippen LogP contribution < -0.4 is 36.8 Å². The molecule has 40 heteroatoms. The predicted octanol–water partition coefficient (Wildman–Crippen LogP) is 11.2. The molecular formula is C106H149N10O29S+. The number of alkyl carbamates (subject to hydrolysis) is 1. The molecule has 802 valence electrons. The van der Waals surface area contributed by atoms with Gasteiger partial charge in [-0.05, 0) is 184 Å². The lowest BCUT2D eigenvalue weighted by Crippen LogP contribution is -2.51. The molecular weight excluding hydrogens is 1910 g/mol. The molecule has 3 heterocycles. The molecule has 0 radical (unpaired) electrons. The van der Waals surface area contributed by atoms with Crippen molar-refractivity contribution in [3.8, 4) is 0 Å². The zero-order valence-electron chi connectivity index (χ0n) is 86.2. The summed E-state index contributed by atoms with van der Waals surface area (Å²) < 4.78 is 52.9. The number of aryl methyl sites for hydroxylation is 1. The van der Waals surface area contributed by atoms with Gasteiger partial charge in [0.1, 0.15) is 38.2 Å². The average molecular weight is 2060 g/mol. The number of amides is 7. The van der Waals surface area contributed by atoms with Gasteiger partial charge < -0.3 is 86.3 Å². The first-order chi connectivity index (χ1) is 68.9. The Morgan fingerprint density at radius 3 is 1.69 bits per heavy atom. The number of allylic oxidation sites excluding steroid dienone is 8. The third kappa shape index (κ3) is 40.5. The van der Waals surface area contributed by atoms with Gasteiger partial charge in [-0.2, -0.15) is 13.0 Å². The molecule has 146 heavy (non-hydrogen) atoms. The Labute approximate surface area is 853 Å². The van der Waals surface area contributed by atoms with Gasteiger partial charge in [0.2, 0.25) is 41.1 Å². The summed E-state index contributed by atoms with van der Waals surface area (Å²) >= 11 is 0. The molecule has 0 saturated carbocycles. The number of carbonyl (C=O) groups excluding carboxylic acids is 12. The second-order valence-electron chi connectivity index (χ2n) is 39.3. The standard InChI is InChI=1S/C106H148N10O29S/c1-14-114-84-41-30-68(6)59-78(84)105(9,10)91(114)28-20-16-15-17-21-29-92-106(11,12)79-64-77(146(139,140)141)38-42-85(79)115(92)51-22-18-19-25-76(117)61-73(35-45-95(124)125)100(134)109-80(39-48-98(130)131)89(120)62-74(36-46-96(126)127)101(135)110-81(40-49-99(132)133)90(121)63-75(37-47-97(128)129)102(136)111-83(60-71-31-33-72(34-32-71)70(8)113-145-54-50-107-104(138)144-56-55-142-13)87(118)27-24-53-143-65-94(123)116-52-23-26-86(116)103(137)112-82(58-67(4)5)88(119)43-44-93(122)108-69(7)57-66(2)3/h15-17,20-21,28-34,38,41-42,59,64,66-67,69,73-75,80-83,86H,14,18-19,22-27,35-37,39-40,43-58,60-63,65H2,1-13H3,(H11-,107,108,109,110,111,112,122,124,125,126,127,128,129,130,131,132,133,134,135,136,137,138,139,140,141)/p+1/b113-70+/t69-,73+,74+,75+,80-,81-,82+,83+,86+/m1/s1. The zero-order valence-corrected chi connectivity index (χ0v) is 87.0. The number of fused-ring (bicyclic) bond motifs is 2. The van der Waals surface area contributed by atoms with E-state index in [1.807, 2.05) is 89.8 Å². The van der Waals surface area contributed by atoms with E-state index >= 15 is 0 Å². The number of carboxylic acid groups (broad SMARTS) is 5. The number of hydrogen-bond donors (Lipinski definition) is 12. The van der Waals surface area contributed by atoms with Crippen molar-refractivity contribution in [1.29, 1.82) is 0 Å². The van der Waals surface area contributed by atoms with Gasteiger partial charge in [0, 0.05) is 162 Å². The number of ether oxygens (including phenoxy) is 3. The maximum atomic E-state index is 14.8. The molecule has 3 aromatic carbocycles. The van der Waals surface area contributed by atoms with Gasteiger partial charge in [-0.3, -0.25) is 81.3 Å². The average Bonchev–Trinajstić information content (AvgIpc) is 1.59. The van der Waals surface area contributed by atoms with E-state index < -0.39 is 242 Å². The van der Waals surface area contributed by atoms with Gasteiger partial charge in [-0.25, -0.2) is 4.79 Å². The number of oxime groups is 1. The van der Waals surface area contributed by atoms with Crippen molar-refractivity contribution in [2.75, 3.05) is 71.2 Å². The largest absolute Gasteiger partial charge is 0.481 e. The third-order valence-corrected chi connectivity index (χ3v) is 26.7. The predicted molar refractivity (Wildman–Crippen MR) is 542 cm³/mol. The number of likely N-dealkylation sites (tertiary alicyclic amines) is 1. The van der Waals surface area contributed by atoms with Crippen LogP contribution in [0.5, 0.6) is 0 Å². The molecule has 0 aliphatic carbocycles. The maximum Gasteiger partial charge on any atom is 0.407 e. The van der Waals surface area contributed by atoms with E-state index in [2.05, 4.69) is 93.6 Å². The van der Waals surface area contributed by atoms with Crippen molar-refractivity contribution >= 4 is 133 Å². The minimum Gasteiger partial charge on any atom is -0.481 e. The molecule has 39 nitrogen and oxygen atoms in total. The number of rotatable bonds is 69. The number of carbonyl (C=O) groups is 17. The van der Waals surface area contributed by atoms with Crippen molar-refractivity contribution in [2.45, 2.75) is 302 Å². The summed E-state index contributed by atoms with van der Waals surface area (Å²) in [5.74, 6) is -20.0. The SMILES string of the molecule is CC[N+]1=C(/C=C/C=C/C=C/C=C2/N(CCCCCC(=O)C[C@H](CCC(=O)O)C(=O)N[C@H](CCC(=O)O)C(=O)C[C@H](CCC(=O)O)C(=O)N[C@H](CCC(=O)O)C(=O)C[C@H](CCC(=O)O)C(=O)N[C@@H](Cc3ccc(/C(C)=N/OCCNC(=O)OCCOC)cc3)C(=O)CCCOCC(=O)N3CCC[C@H]3C(=O)N[C@@H](CC(C)C)C(=O)CCC(=O)N[C@H](C)CC(C)C)c3ccc(S(=O)(=O)O)cc3C2(C)C)C(C)(C)c2cc(C)ccc21. The van der Waals surface area contributed by atoms with Gasteiger partial charge in [-0.15, -0.1) is 0 Å². The Bertz CT molecular complexity index is 5400. The van der Waals surface area contributed by atoms with E-state index in [4.69, 9.17) is 19.0 Å². The van der Waals surface area contributed by atoms with Crippen LogP contribution in [0.1, 0.15) is 264 Å². The second-order valence-corrected chi connectivity index (χ2v) is 40.7. The van der Waals surface area contributed by atoms with Crippen LogP contribution in [-0.2, 0) is 123 Å². The number of Topliss-reactive ketones (excluding diaryl/α,β-unsaturated/α-hetero) is 5. The maximum absolute atomic E-state index is 14.8. The van der Waals surface area contributed by atoms with Crippen LogP contribution in [-0.4, -0.2) is 262 Å². The number of nitrogens with zero attached hydrogens (tertiary/aromatic N) is 4. The number of aliphatic carboxylic acids is 5. The highest BCUT2D eigenvalue weighted by atomic mass is 32.2. The topological polar surface area (TPSA) is 577 Å². The van der Waals surface area contributed by atoms with Gasteiger partial charge in [-0.1, -0.05) is 119 Å². The smallest absolute Gasteiger partial charge is 0.407 e. The molecule has 6 rings (SSSR count). The highest BCUT2D eigenvalue weighted by molar-refractivity contribution is 7.85. The lowest BCUT2D eigenvalue weighted by Gasteiger charge is -2.27. The number of carboxylic acids is 5. The number of nitrogens with one attached hydrogen (secondary N) is 6. The van der Waals surface area contributed by atoms with Crippen LogP contribution >= 0.6 is 0 Å². The molecule has 3 aliphatic rings. The minimum absolute atomic E-state index is 0.0240. The van der Waals surface area contributed by atoms with E-state index in [0.717, 1.165) is 24.4 Å². The molecule has 12 N–H and O–H groups in total. The third-order valence-electron chi connectivity index (χ3n) is 25.9. The molecule has 0 aromatic heterocycles.